The molecule has 0 aliphatic carbocycles. The fourth-order valence-corrected chi connectivity index (χ4v) is 7.20. The number of imidazole rings is 1. The molecule has 6 atom stereocenters. The normalized spacial score (nSPS) is 28.5. The van der Waals surface area contributed by atoms with Gasteiger partial charge in [-0.2, -0.15) is 8.62 Å². The Bertz CT molecular complexity index is 1110. The monoisotopic (exact) mass is 523 g/mol. The number of fused-ring (bicyclic) bond motifs is 1. The second-order valence-electron chi connectivity index (χ2n) is 6.02. The summed E-state index contributed by atoms with van der Waals surface area (Å²) in [4.78, 5) is 47.5. The highest BCUT2D eigenvalue weighted by Gasteiger charge is 2.46. The number of hydrogen-bond acceptors (Lipinski definition) is 13. The second-order valence-corrected chi connectivity index (χ2v) is 11.8. The molecule has 0 aromatic carbocycles. The van der Waals surface area contributed by atoms with Gasteiger partial charge in [-0.25, -0.2) is 28.6 Å². The van der Waals surface area contributed by atoms with Crippen LogP contribution in [0.4, 0.5) is 5.82 Å². The molecule has 2 aromatic heterocycles. The van der Waals surface area contributed by atoms with Crippen molar-refractivity contribution in [3.05, 3.63) is 12.7 Å². The largest absolute Gasteiger partial charge is 0.490 e. The van der Waals surface area contributed by atoms with Gasteiger partial charge in [0, 0.05) is 0 Å². The number of hydrogen-bond donors (Lipinski definition) is 7. The Kier molecular flexibility index (Phi) is 6.97. The van der Waals surface area contributed by atoms with Gasteiger partial charge < -0.3 is 35.5 Å². The fourth-order valence-electron chi connectivity index (χ4n) is 2.62. The number of thioether (sulfide) groups is 1. The molecular weight excluding hydrogens is 507 g/mol. The maximum absolute atomic E-state index is 11.8. The molecule has 3 unspecified atom stereocenters. The van der Waals surface area contributed by atoms with Crippen LogP contribution in [-0.2, 0) is 26.8 Å². The van der Waals surface area contributed by atoms with E-state index in [0.717, 1.165) is 11.8 Å². The third-order valence-corrected chi connectivity index (χ3v) is 9.17. The summed E-state index contributed by atoms with van der Waals surface area (Å²) in [5.41, 5.74) is 6.21. The minimum Gasteiger partial charge on any atom is -0.389 e. The molecule has 3 heterocycles. The van der Waals surface area contributed by atoms with Gasteiger partial charge in [0.15, 0.2) is 11.5 Å². The number of rotatable bonds is 8. The summed E-state index contributed by atoms with van der Waals surface area (Å²) in [6, 6.07) is 0. The third-order valence-electron chi connectivity index (χ3n) is 3.82. The number of anilines is 1. The van der Waals surface area contributed by atoms with Crippen LogP contribution in [-0.4, -0.2) is 73.4 Å². The zero-order valence-electron chi connectivity index (χ0n) is 14.9. The predicted molar refractivity (Wildman–Crippen MR) is 102 cm³/mol. The predicted octanol–water partition coefficient (Wildman–Crippen LogP) is -0.912. The number of aromatic nitrogens is 4. The summed E-state index contributed by atoms with van der Waals surface area (Å²) in [5.74, 6) is 0.0889. The van der Waals surface area contributed by atoms with Gasteiger partial charge in [-0.1, -0.05) is 0 Å². The third kappa shape index (κ3) is 5.89. The number of nitrogens with two attached hydrogens (primary N) is 1. The van der Waals surface area contributed by atoms with Crippen molar-refractivity contribution in [2.45, 2.75) is 22.8 Å². The van der Waals surface area contributed by atoms with Crippen molar-refractivity contribution in [1.82, 2.24) is 19.5 Å². The van der Waals surface area contributed by atoms with Crippen LogP contribution in [0.2, 0.25) is 0 Å². The molecule has 0 saturated carbocycles. The first kappa shape index (κ1) is 24.7. The molecule has 21 heteroatoms. The summed E-state index contributed by atoms with van der Waals surface area (Å²) in [6.07, 6.45) is -0.425. The summed E-state index contributed by atoms with van der Waals surface area (Å²) in [5, 5.41) is 18.7. The van der Waals surface area contributed by atoms with Crippen molar-refractivity contribution in [3.63, 3.8) is 0 Å². The molecule has 1 aliphatic heterocycles. The van der Waals surface area contributed by atoms with Gasteiger partial charge in [0.2, 0.25) is 0 Å². The van der Waals surface area contributed by atoms with E-state index < -0.39 is 52.9 Å². The van der Waals surface area contributed by atoms with E-state index in [0.29, 0.717) is 0 Å². The van der Waals surface area contributed by atoms with E-state index in [1.165, 1.54) is 17.2 Å². The summed E-state index contributed by atoms with van der Waals surface area (Å²) in [7, 11) is -16.6. The minimum atomic E-state index is -5.67. The Balaban J connectivity index is 1.69. The molecule has 17 nitrogen and oxygen atoms in total. The molecule has 1 fully saturated rings. The highest BCUT2D eigenvalue weighted by Crippen LogP contribution is 2.66. The van der Waals surface area contributed by atoms with Crippen LogP contribution in [0.15, 0.2) is 12.7 Å². The Morgan fingerprint density at radius 1 is 1.03 bits per heavy atom. The lowest BCUT2D eigenvalue weighted by Gasteiger charge is -2.19. The number of nitrogen functional groups attached to an aromatic ring is 1. The smallest absolute Gasteiger partial charge is 0.389 e. The average Bonchev–Trinajstić information content (AvgIpc) is 3.13. The van der Waals surface area contributed by atoms with Crippen LogP contribution < -0.4 is 5.73 Å². The Morgan fingerprint density at radius 3 is 2.35 bits per heavy atom. The summed E-state index contributed by atoms with van der Waals surface area (Å²) < 4.78 is 46.9. The molecule has 0 bridgehead atoms. The van der Waals surface area contributed by atoms with Gasteiger partial charge in [-0.15, -0.1) is 11.8 Å². The fraction of sp³-hybridized carbons (Fsp3) is 0.500. The molecule has 0 radical (unpaired) electrons. The van der Waals surface area contributed by atoms with E-state index in [1.54, 1.807) is 0 Å². The molecule has 1 aliphatic rings. The Hall–Kier alpha value is -0.970. The SMILES string of the molecule is Nc1ncnc2c1ncn2C1S[C@H](COP(=O)(O)OP(=O)(O)OP(=O)(O)O)[C@@H](O)[C@H]1O. The van der Waals surface area contributed by atoms with E-state index >= 15 is 0 Å². The number of phosphoric ester groups is 1. The topological polar surface area (TPSA) is 270 Å². The summed E-state index contributed by atoms with van der Waals surface area (Å²) >= 11 is 0.896. The molecule has 8 N–H and O–H groups in total. The van der Waals surface area contributed by atoms with Gasteiger partial charge in [-0.3, -0.25) is 9.09 Å². The standard InChI is InChI=1S/C10H16N5O12P3S/c11-8-5-9(13-2-12-8)15(3-14-5)10-7(17)6(16)4(31-10)1-25-29(21,22)27-30(23,24)26-28(18,19)20/h2-4,6-7,10,16-17H,1H2,(H,21,22)(H,23,24)(H2,11,12,13)(H2,18,19,20)/t4-,6-,7-,10?/m1/s1. The van der Waals surface area contributed by atoms with Crippen molar-refractivity contribution in [2.24, 2.45) is 0 Å². The lowest BCUT2D eigenvalue weighted by molar-refractivity contribution is 0.0111. The average molecular weight is 523 g/mol. The number of nitrogens with zero attached hydrogens (tertiary/aromatic N) is 4. The van der Waals surface area contributed by atoms with Crippen LogP contribution in [0.1, 0.15) is 5.37 Å². The second kappa shape index (κ2) is 8.76. The van der Waals surface area contributed by atoms with E-state index in [-0.39, 0.29) is 17.0 Å². The van der Waals surface area contributed by atoms with E-state index in [9.17, 15) is 28.8 Å². The van der Waals surface area contributed by atoms with Gasteiger partial charge in [0.05, 0.1) is 24.3 Å². The van der Waals surface area contributed by atoms with Crippen LogP contribution in [0.25, 0.3) is 11.2 Å². The maximum Gasteiger partial charge on any atom is 0.490 e. The van der Waals surface area contributed by atoms with E-state index in [2.05, 4.69) is 28.1 Å². The highest BCUT2D eigenvalue weighted by molar-refractivity contribution is 8.00. The number of phosphoric acid groups is 3. The molecular formula is C10H16N5O12P3S. The van der Waals surface area contributed by atoms with Crippen LogP contribution in [0.5, 0.6) is 0 Å². The summed E-state index contributed by atoms with van der Waals surface area (Å²) in [6.45, 7) is -0.771. The minimum absolute atomic E-state index is 0.0889. The lowest BCUT2D eigenvalue weighted by Crippen LogP contribution is -2.33. The van der Waals surface area contributed by atoms with Crippen molar-refractivity contribution in [1.29, 1.82) is 0 Å². The van der Waals surface area contributed by atoms with Crippen molar-refractivity contribution < 1.29 is 56.6 Å². The van der Waals surface area contributed by atoms with Gasteiger partial charge in [0.1, 0.15) is 23.3 Å². The van der Waals surface area contributed by atoms with Gasteiger partial charge in [-0.05, 0) is 0 Å². The molecule has 31 heavy (non-hydrogen) atoms. The Morgan fingerprint density at radius 2 is 1.71 bits per heavy atom. The highest BCUT2D eigenvalue weighted by atomic mass is 32.2. The van der Waals surface area contributed by atoms with Gasteiger partial charge in [0.25, 0.3) is 0 Å². The first-order valence-electron chi connectivity index (χ1n) is 7.92. The molecule has 2 aromatic rings. The zero-order chi connectivity index (χ0) is 23.2. The first-order valence-corrected chi connectivity index (χ1v) is 13.4. The first-order chi connectivity index (χ1) is 14.2. The van der Waals surface area contributed by atoms with Crippen LogP contribution in [0.3, 0.4) is 0 Å². The molecule has 3 rings (SSSR count). The molecule has 1 saturated heterocycles. The quantitative estimate of drug-likeness (QED) is 0.206. The van der Waals surface area contributed by atoms with Crippen LogP contribution >= 0.6 is 35.2 Å². The van der Waals surface area contributed by atoms with E-state index in [4.69, 9.17) is 20.4 Å². The Labute approximate surface area is 176 Å². The number of aliphatic hydroxyl groups is 2. The van der Waals surface area contributed by atoms with E-state index in [1.807, 2.05) is 0 Å². The van der Waals surface area contributed by atoms with Crippen molar-refractivity contribution in [2.75, 3.05) is 12.3 Å². The maximum atomic E-state index is 11.8. The number of aliphatic hydroxyl groups excluding tert-OH is 2. The van der Waals surface area contributed by atoms with Crippen LogP contribution in [0, 0.1) is 0 Å². The zero-order valence-corrected chi connectivity index (χ0v) is 18.4. The lowest BCUT2D eigenvalue weighted by atomic mass is 10.1. The van der Waals surface area contributed by atoms with Crippen molar-refractivity contribution in [3.8, 4) is 0 Å². The van der Waals surface area contributed by atoms with Gasteiger partial charge >= 0.3 is 23.5 Å². The molecule has 0 amide bonds. The molecule has 0 spiro atoms. The van der Waals surface area contributed by atoms with Crippen molar-refractivity contribution >= 4 is 52.2 Å². The molecule has 174 valence electrons.